The number of fused-ring (bicyclic) bond motifs is 1. The third kappa shape index (κ3) is 3.16. The zero-order valence-electron chi connectivity index (χ0n) is 14.6. The van der Waals surface area contributed by atoms with Crippen molar-refractivity contribution in [1.82, 2.24) is 0 Å². The van der Waals surface area contributed by atoms with E-state index >= 15 is 0 Å². The third-order valence-electron chi connectivity index (χ3n) is 4.39. The molecule has 0 unspecified atom stereocenters. The number of hydrogen-bond acceptors (Lipinski definition) is 4. The molecule has 4 rings (SSSR count). The van der Waals surface area contributed by atoms with Crippen LogP contribution in [-0.2, 0) is 11.3 Å². The van der Waals surface area contributed by atoms with Gasteiger partial charge in [-0.3, -0.25) is 9.59 Å². The van der Waals surface area contributed by atoms with Crippen LogP contribution in [0.15, 0.2) is 72.8 Å². The van der Waals surface area contributed by atoms with Crippen LogP contribution in [0, 0.1) is 5.82 Å². The molecule has 1 aliphatic rings. The molecule has 138 valence electrons. The first-order chi connectivity index (χ1) is 13.5. The van der Waals surface area contributed by atoms with Crippen LogP contribution in [0.5, 0.6) is 0 Å². The summed E-state index contributed by atoms with van der Waals surface area (Å²) in [5.41, 5.74) is 1.64. The number of amides is 2. The van der Waals surface area contributed by atoms with Crippen LogP contribution in [0.2, 0.25) is 0 Å². The number of anilines is 1. The topological polar surface area (TPSA) is 63.7 Å². The Bertz CT molecular complexity index is 1070. The zero-order chi connectivity index (χ0) is 19.7. The van der Waals surface area contributed by atoms with Crippen LogP contribution >= 0.6 is 0 Å². The number of hydrogen-bond donors (Lipinski definition) is 0. The number of esters is 1. The smallest absolute Gasteiger partial charge is 0.338 e. The molecule has 0 aliphatic carbocycles. The van der Waals surface area contributed by atoms with Crippen LogP contribution in [-0.4, -0.2) is 17.8 Å². The fraction of sp³-hybridized carbons (Fsp3) is 0.0455. The van der Waals surface area contributed by atoms with Gasteiger partial charge in [-0.25, -0.2) is 14.1 Å². The molecule has 0 saturated heterocycles. The number of nitrogens with zero attached hydrogens (tertiary/aromatic N) is 1. The Morgan fingerprint density at radius 2 is 1.54 bits per heavy atom. The Labute approximate surface area is 160 Å². The predicted molar refractivity (Wildman–Crippen MR) is 99.5 cm³/mol. The van der Waals surface area contributed by atoms with Gasteiger partial charge in [-0.2, -0.15) is 0 Å². The Morgan fingerprint density at radius 1 is 0.857 bits per heavy atom. The molecule has 0 spiro atoms. The quantitative estimate of drug-likeness (QED) is 0.511. The highest BCUT2D eigenvalue weighted by atomic mass is 19.1. The maximum Gasteiger partial charge on any atom is 0.338 e. The molecule has 0 radical (unpaired) electrons. The Balaban J connectivity index is 1.54. The lowest BCUT2D eigenvalue weighted by molar-refractivity contribution is 0.0472. The minimum Gasteiger partial charge on any atom is -0.457 e. The molecule has 0 bridgehead atoms. The van der Waals surface area contributed by atoms with Crippen molar-refractivity contribution in [1.29, 1.82) is 0 Å². The summed E-state index contributed by atoms with van der Waals surface area (Å²) in [6, 6.07) is 18.4. The fourth-order valence-electron chi connectivity index (χ4n) is 3.05. The molecule has 3 aromatic rings. The molecule has 28 heavy (non-hydrogen) atoms. The first kappa shape index (κ1) is 17.6. The average molecular weight is 375 g/mol. The highest BCUT2D eigenvalue weighted by molar-refractivity contribution is 6.34. The molecule has 1 aliphatic heterocycles. The highest BCUT2D eigenvalue weighted by Crippen LogP contribution is 2.28. The van der Waals surface area contributed by atoms with Crippen LogP contribution in [0.3, 0.4) is 0 Å². The molecule has 5 nitrogen and oxygen atoms in total. The number of carbonyl (C=O) groups excluding carboxylic acids is 3. The maximum atomic E-state index is 13.2. The molecule has 0 saturated carbocycles. The van der Waals surface area contributed by atoms with E-state index in [1.807, 2.05) is 0 Å². The minimum atomic E-state index is -0.636. The van der Waals surface area contributed by atoms with Crippen molar-refractivity contribution >= 4 is 23.5 Å². The molecule has 0 N–H and O–H groups in total. The lowest BCUT2D eigenvalue weighted by Crippen LogP contribution is -2.29. The lowest BCUT2D eigenvalue weighted by Gasteiger charge is -2.15. The average Bonchev–Trinajstić information content (AvgIpc) is 2.97. The van der Waals surface area contributed by atoms with Gasteiger partial charge in [0.2, 0.25) is 0 Å². The number of carbonyl (C=O) groups is 3. The highest BCUT2D eigenvalue weighted by Gasteiger charge is 2.36. The standard InChI is InChI=1S/C22H14FNO4/c23-16-7-3-5-14(11-16)13-28-22(27)15-6-4-8-17(12-15)24-20(25)18-9-1-2-10-19(18)21(24)26/h1-12H,13H2. The van der Waals surface area contributed by atoms with Crippen molar-refractivity contribution in [2.75, 3.05) is 4.90 Å². The van der Waals surface area contributed by atoms with E-state index in [1.54, 1.807) is 42.5 Å². The van der Waals surface area contributed by atoms with Gasteiger partial charge in [0.15, 0.2) is 0 Å². The first-order valence-electron chi connectivity index (χ1n) is 8.54. The predicted octanol–water partition coefficient (Wildman–Crippen LogP) is 3.98. The third-order valence-corrected chi connectivity index (χ3v) is 4.39. The van der Waals surface area contributed by atoms with Crippen molar-refractivity contribution in [3.05, 3.63) is 101 Å². The largest absolute Gasteiger partial charge is 0.457 e. The van der Waals surface area contributed by atoms with Crippen LogP contribution < -0.4 is 4.90 Å². The number of imide groups is 1. The molecular formula is C22H14FNO4. The Kier molecular flexibility index (Phi) is 4.45. The summed E-state index contributed by atoms with van der Waals surface area (Å²) in [5, 5.41) is 0. The Hall–Kier alpha value is -3.80. The zero-order valence-corrected chi connectivity index (χ0v) is 14.6. The van der Waals surface area contributed by atoms with E-state index in [2.05, 4.69) is 0 Å². The summed E-state index contributed by atoms with van der Waals surface area (Å²) < 4.78 is 18.4. The van der Waals surface area contributed by atoms with Crippen molar-refractivity contribution in [3.63, 3.8) is 0 Å². The van der Waals surface area contributed by atoms with Crippen molar-refractivity contribution in [2.45, 2.75) is 6.61 Å². The van der Waals surface area contributed by atoms with Gasteiger partial charge < -0.3 is 4.74 Å². The second-order valence-electron chi connectivity index (χ2n) is 6.25. The molecule has 6 heteroatoms. The molecular weight excluding hydrogens is 361 g/mol. The molecule has 0 atom stereocenters. The second-order valence-corrected chi connectivity index (χ2v) is 6.25. The lowest BCUT2D eigenvalue weighted by atomic mass is 10.1. The van der Waals surface area contributed by atoms with E-state index in [9.17, 15) is 18.8 Å². The van der Waals surface area contributed by atoms with E-state index in [-0.39, 0.29) is 17.9 Å². The van der Waals surface area contributed by atoms with Crippen molar-refractivity contribution in [3.8, 4) is 0 Å². The maximum absolute atomic E-state index is 13.2. The van der Waals surface area contributed by atoms with Gasteiger partial charge in [0, 0.05) is 0 Å². The summed E-state index contributed by atoms with van der Waals surface area (Å²) in [4.78, 5) is 38.6. The van der Waals surface area contributed by atoms with E-state index in [4.69, 9.17) is 4.74 Å². The van der Waals surface area contributed by atoms with Gasteiger partial charge >= 0.3 is 5.97 Å². The summed E-state index contributed by atoms with van der Waals surface area (Å²) >= 11 is 0. The van der Waals surface area contributed by atoms with Gasteiger partial charge in [0.05, 0.1) is 22.4 Å². The minimum absolute atomic E-state index is 0.0894. The molecule has 3 aromatic carbocycles. The van der Waals surface area contributed by atoms with Crippen LogP contribution in [0.1, 0.15) is 36.6 Å². The van der Waals surface area contributed by atoms with Gasteiger partial charge in [-0.05, 0) is 48.0 Å². The summed E-state index contributed by atoms with van der Waals surface area (Å²) in [6.45, 7) is -0.0894. The van der Waals surface area contributed by atoms with Crippen molar-refractivity contribution < 1.29 is 23.5 Å². The summed E-state index contributed by atoms with van der Waals surface area (Å²) in [7, 11) is 0. The first-order valence-corrected chi connectivity index (χ1v) is 8.54. The van der Waals surface area contributed by atoms with Crippen molar-refractivity contribution in [2.24, 2.45) is 0 Å². The van der Waals surface area contributed by atoms with Gasteiger partial charge in [0.25, 0.3) is 11.8 Å². The molecule has 2 amide bonds. The second kappa shape index (κ2) is 7.08. The van der Waals surface area contributed by atoms with Crippen LogP contribution in [0.25, 0.3) is 0 Å². The van der Waals surface area contributed by atoms with E-state index in [0.29, 0.717) is 16.7 Å². The van der Waals surface area contributed by atoms with E-state index in [0.717, 1.165) is 4.90 Å². The number of rotatable bonds is 4. The SMILES string of the molecule is O=C(OCc1cccc(F)c1)c1cccc(N2C(=O)c3ccccc3C2=O)c1. The van der Waals surface area contributed by atoms with Crippen LogP contribution in [0.4, 0.5) is 10.1 Å². The normalized spacial score (nSPS) is 12.8. The molecule has 0 fully saturated rings. The molecule has 0 aromatic heterocycles. The van der Waals surface area contributed by atoms with E-state index in [1.165, 1.54) is 30.3 Å². The monoisotopic (exact) mass is 375 g/mol. The number of ether oxygens (including phenoxy) is 1. The Morgan fingerprint density at radius 3 is 2.21 bits per heavy atom. The summed E-state index contributed by atoms with van der Waals surface area (Å²) in [6.07, 6.45) is 0. The number of benzene rings is 3. The van der Waals surface area contributed by atoms with Gasteiger partial charge in [0.1, 0.15) is 12.4 Å². The number of halogens is 1. The molecule has 1 heterocycles. The van der Waals surface area contributed by atoms with E-state index < -0.39 is 23.6 Å². The van der Waals surface area contributed by atoms with Gasteiger partial charge in [-0.1, -0.05) is 30.3 Å². The van der Waals surface area contributed by atoms with Gasteiger partial charge in [-0.15, -0.1) is 0 Å². The fourth-order valence-corrected chi connectivity index (χ4v) is 3.05. The summed E-state index contributed by atoms with van der Waals surface area (Å²) in [5.74, 6) is -1.93.